The summed E-state index contributed by atoms with van der Waals surface area (Å²) in [5.74, 6) is 1.58. The number of fused-ring (bicyclic) bond motifs is 7. The lowest BCUT2D eigenvalue weighted by atomic mass is 10.0. The predicted molar refractivity (Wildman–Crippen MR) is 228 cm³/mol. The molecule has 0 saturated carbocycles. The highest BCUT2D eigenvalue weighted by molar-refractivity contribution is 6.20. The summed E-state index contributed by atoms with van der Waals surface area (Å²) in [4.78, 5) is 10.9. The first kappa shape index (κ1) is 31.8. The number of hydrogen-bond donors (Lipinski definition) is 0. The zero-order valence-electron chi connectivity index (χ0n) is 30.2. The normalized spacial score (nSPS) is 11.6. The Morgan fingerprint density at radius 3 is 1.04 bits per heavy atom. The Balaban J connectivity index is 1.29. The summed E-state index contributed by atoms with van der Waals surface area (Å²) >= 11 is 0. The molecule has 6 aromatic carbocycles. The fourth-order valence-electron chi connectivity index (χ4n) is 8.03. The smallest absolute Gasteiger partial charge is 0.139 e. The minimum absolute atomic E-state index is 0.790. The third kappa shape index (κ3) is 5.19. The first-order valence-corrected chi connectivity index (χ1v) is 18.7. The zero-order chi connectivity index (χ0) is 37.0. The molecular formula is C50H32N6. The van der Waals surface area contributed by atoms with Crippen LogP contribution in [0, 0.1) is 0 Å². The van der Waals surface area contributed by atoms with Crippen LogP contribution in [0.2, 0.25) is 0 Å². The van der Waals surface area contributed by atoms with Crippen LogP contribution in [0.5, 0.6) is 0 Å². The van der Waals surface area contributed by atoms with Crippen molar-refractivity contribution in [3.8, 4) is 56.4 Å². The predicted octanol–water partition coefficient (Wildman–Crippen LogP) is 12.1. The summed E-state index contributed by atoms with van der Waals surface area (Å²) in [6, 6.07) is 67.4. The molecule has 0 radical (unpaired) electrons. The second-order valence-electron chi connectivity index (χ2n) is 14.0. The van der Waals surface area contributed by atoms with Crippen LogP contribution in [0.25, 0.3) is 100 Å². The Labute approximate surface area is 322 Å². The largest absolute Gasteiger partial charge is 0.290 e. The number of rotatable bonds is 6. The van der Waals surface area contributed by atoms with Crippen LogP contribution in [0.15, 0.2) is 194 Å². The van der Waals surface area contributed by atoms with Crippen LogP contribution < -0.4 is 0 Å². The Hall–Kier alpha value is -7.70. The van der Waals surface area contributed by atoms with E-state index in [1.807, 2.05) is 12.1 Å². The topological polar surface area (TPSA) is 61.4 Å². The lowest BCUT2D eigenvalue weighted by Gasteiger charge is -2.15. The number of nitrogens with zero attached hydrogens (tertiary/aromatic N) is 6. The average Bonchev–Trinajstić information content (AvgIpc) is 3.81. The van der Waals surface area contributed by atoms with E-state index in [-0.39, 0.29) is 0 Å². The van der Waals surface area contributed by atoms with Gasteiger partial charge in [0.15, 0.2) is 0 Å². The molecule has 0 spiro atoms. The third-order valence-corrected chi connectivity index (χ3v) is 10.6. The Bertz CT molecular complexity index is 2890. The van der Waals surface area contributed by atoms with Crippen molar-refractivity contribution in [2.75, 3.05) is 0 Å². The average molecular weight is 717 g/mol. The standard InChI is InChI=1S/C50H32N6/c1-5-17-33(18-6-1)37-29-41(35-21-9-3-10-22-35)51-45(31-37)55-43-27-15-13-25-39(43)47-49(55)50-48(54-53-47)40-26-14-16-28-44(40)56(50)46-32-38(34-19-7-2-8-20-34)30-42(52-46)36-23-11-4-12-24-36/h1-32H. The van der Waals surface area contributed by atoms with Gasteiger partial charge in [0, 0.05) is 21.9 Å². The molecule has 0 bridgehead atoms. The molecule has 0 aliphatic heterocycles. The Morgan fingerprint density at radius 2 is 0.643 bits per heavy atom. The molecule has 11 aromatic rings. The molecule has 6 heteroatoms. The first-order chi connectivity index (χ1) is 27.8. The molecule has 11 rings (SSSR count). The second kappa shape index (κ2) is 13.0. The van der Waals surface area contributed by atoms with Gasteiger partial charge in [-0.1, -0.05) is 158 Å². The van der Waals surface area contributed by atoms with Crippen molar-refractivity contribution in [2.24, 2.45) is 0 Å². The molecule has 5 aromatic heterocycles. The number of pyridine rings is 2. The van der Waals surface area contributed by atoms with Gasteiger partial charge in [0.1, 0.15) is 33.7 Å². The van der Waals surface area contributed by atoms with Crippen molar-refractivity contribution in [3.63, 3.8) is 0 Å². The van der Waals surface area contributed by atoms with Crippen molar-refractivity contribution < 1.29 is 0 Å². The van der Waals surface area contributed by atoms with E-state index >= 15 is 0 Å². The Morgan fingerprint density at radius 1 is 0.304 bits per heavy atom. The molecule has 6 nitrogen and oxygen atoms in total. The van der Waals surface area contributed by atoms with Gasteiger partial charge in [-0.3, -0.25) is 9.13 Å². The summed E-state index contributed by atoms with van der Waals surface area (Å²) in [5, 5.41) is 12.0. The summed E-state index contributed by atoms with van der Waals surface area (Å²) in [6.07, 6.45) is 0. The summed E-state index contributed by atoms with van der Waals surface area (Å²) in [5.41, 5.74) is 13.6. The van der Waals surface area contributed by atoms with E-state index in [0.717, 1.165) is 100 Å². The zero-order valence-corrected chi connectivity index (χ0v) is 30.2. The van der Waals surface area contributed by atoms with Crippen LogP contribution >= 0.6 is 0 Å². The molecule has 262 valence electrons. The summed E-state index contributed by atoms with van der Waals surface area (Å²) < 4.78 is 4.55. The SMILES string of the molecule is c1ccc(-c2cc(-c3ccccc3)nc(-n3c4ccccc4c4nnc5c6ccccc6n(-c6cc(-c7ccccc7)cc(-c7ccccc7)n6)c5c43)c2)cc1. The van der Waals surface area contributed by atoms with Crippen LogP contribution in [-0.2, 0) is 0 Å². The number of hydrogen-bond acceptors (Lipinski definition) is 4. The van der Waals surface area contributed by atoms with E-state index < -0.39 is 0 Å². The second-order valence-corrected chi connectivity index (χ2v) is 14.0. The molecule has 0 aliphatic carbocycles. The highest BCUT2D eigenvalue weighted by Gasteiger charge is 2.25. The third-order valence-electron chi connectivity index (χ3n) is 10.6. The maximum absolute atomic E-state index is 5.43. The highest BCUT2D eigenvalue weighted by atomic mass is 15.2. The van der Waals surface area contributed by atoms with Crippen LogP contribution in [0.3, 0.4) is 0 Å². The maximum Gasteiger partial charge on any atom is 0.139 e. The lowest BCUT2D eigenvalue weighted by molar-refractivity contribution is 1.05. The van der Waals surface area contributed by atoms with Gasteiger partial charge in [-0.05, 0) is 58.7 Å². The fourth-order valence-corrected chi connectivity index (χ4v) is 8.03. The summed E-state index contributed by atoms with van der Waals surface area (Å²) in [6.45, 7) is 0. The van der Waals surface area contributed by atoms with Gasteiger partial charge >= 0.3 is 0 Å². The van der Waals surface area contributed by atoms with E-state index in [9.17, 15) is 0 Å². The molecular weight excluding hydrogens is 685 g/mol. The number of para-hydroxylation sites is 2. The number of benzene rings is 6. The minimum Gasteiger partial charge on any atom is -0.290 e. The van der Waals surface area contributed by atoms with Gasteiger partial charge in [-0.2, -0.15) is 0 Å². The van der Waals surface area contributed by atoms with E-state index in [1.165, 1.54) is 0 Å². The molecule has 0 aliphatic rings. The van der Waals surface area contributed by atoms with Crippen molar-refractivity contribution in [2.45, 2.75) is 0 Å². The molecule has 0 atom stereocenters. The van der Waals surface area contributed by atoms with Gasteiger partial charge in [-0.15, -0.1) is 10.2 Å². The van der Waals surface area contributed by atoms with Crippen molar-refractivity contribution in [1.29, 1.82) is 0 Å². The molecule has 0 N–H and O–H groups in total. The van der Waals surface area contributed by atoms with Gasteiger partial charge in [0.2, 0.25) is 0 Å². The molecule has 0 amide bonds. The van der Waals surface area contributed by atoms with Crippen molar-refractivity contribution in [3.05, 3.63) is 194 Å². The van der Waals surface area contributed by atoms with Crippen LogP contribution in [0.1, 0.15) is 0 Å². The maximum atomic E-state index is 5.43. The van der Waals surface area contributed by atoms with E-state index in [0.29, 0.717) is 0 Å². The van der Waals surface area contributed by atoms with Crippen LogP contribution in [-0.4, -0.2) is 29.3 Å². The van der Waals surface area contributed by atoms with E-state index in [1.54, 1.807) is 0 Å². The van der Waals surface area contributed by atoms with Gasteiger partial charge in [0.05, 0.1) is 22.4 Å². The summed E-state index contributed by atoms with van der Waals surface area (Å²) in [7, 11) is 0. The van der Waals surface area contributed by atoms with Gasteiger partial charge in [0.25, 0.3) is 0 Å². The fraction of sp³-hybridized carbons (Fsp3) is 0. The van der Waals surface area contributed by atoms with Crippen molar-refractivity contribution >= 4 is 43.9 Å². The molecule has 5 heterocycles. The molecule has 0 saturated heterocycles. The molecule has 56 heavy (non-hydrogen) atoms. The highest BCUT2D eigenvalue weighted by Crippen LogP contribution is 2.41. The van der Waals surface area contributed by atoms with Gasteiger partial charge in [-0.25, -0.2) is 9.97 Å². The monoisotopic (exact) mass is 716 g/mol. The molecule has 0 fully saturated rings. The first-order valence-electron chi connectivity index (χ1n) is 18.7. The Kier molecular flexibility index (Phi) is 7.38. The quantitative estimate of drug-likeness (QED) is 0.172. The molecule has 0 unspecified atom stereocenters. The lowest BCUT2D eigenvalue weighted by Crippen LogP contribution is -2.04. The van der Waals surface area contributed by atoms with E-state index in [4.69, 9.17) is 20.2 Å². The van der Waals surface area contributed by atoms with Crippen LogP contribution in [0.4, 0.5) is 0 Å². The van der Waals surface area contributed by atoms with Crippen molar-refractivity contribution in [1.82, 2.24) is 29.3 Å². The minimum atomic E-state index is 0.790. The number of aromatic nitrogens is 6. The van der Waals surface area contributed by atoms with E-state index in [2.05, 4.69) is 191 Å². The van der Waals surface area contributed by atoms with Gasteiger partial charge < -0.3 is 0 Å².